The third-order valence-corrected chi connectivity index (χ3v) is 9.57. The van der Waals surface area contributed by atoms with Gasteiger partial charge in [-0.15, -0.1) is 0 Å². The number of carbonyl (C=O) groups excluding carboxylic acids is 3. The molecule has 0 spiro atoms. The average Bonchev–Trinajstić information content (AvgIpc) is 3.43. The molecular formula is C38H49N4O3+. The highest BCUT2D eigenvalue weighted by atomic mass is 16.2. The van der Waals surface area contributed by atoms with Crippen LogP contribution in [0.5, 0.6) is 0 Å². The minimum Gasteiger partial charge on any atom is -0.342 e. The summed E-state index contributed by atoms with van der Waals surface area (Å²) in [5, 5.41) is 6.37. The van der Waals surface area contributed by atoms with Crippen molar-refractivity contribution in [3.05, 3.63) is 108 Å². The van der Waals surface area contributed by atoms with Crippen LogP contribution in [0.2, 0.25) is 0 Å². The van der Waals surface area contributed by atoms with Crippen LogP contribution in [0.3, 0.4) is 0 Å². The molecule has 238 valence electrons. The lowest BCUT2D eigenvalue weighted by atomic mass is 9.85. The van der Waals surface area contributed by atoms with Gasteiger partial charge in [-0.25, -0.2) is 0 Å². The Hall–Kier alpha value is -3.81. The minimum absolute atomic E-state index is 0.0136. The predicted octanol–water partition coefficient (Wildman–Crippen LogP) is 4.57. The Kier molecular flexibility index (Phi) is 10.5. The number of ketones is 1. The van der Waals surface area contributed by atoms with Crippen molar-refractivity contribution in [2.24, 2.45) is 5.92 Å². The van der Waals surface area contributed by atoms with E-state index in [1.165, 1.54) is 0 Å². The van der Waals surface area contributed by atoms with E-state index in [0.717, 1.165) is 42.5 Å². The summed E-state index contributed by atoms with van der Waals surface area (Å²) >= 11 is 0. The van der Waals surface area contributed by atoms with E-state index in [4.69, 9.17) is 0 Å². The van der Waals surface area contributed by atoms with Crippen LogP contribution in [-0.2, 0) is 20.8 Å². The molecular weight excluding hydrogens is 560 g/mol. The molecule has 5 atom stereocenters. The Bertz CT molecular complexity index is 1380. The van der Waals surface area contributed by atoms with Gasteiger partial charge in [0.05, 0.1) is 39.8 Å². The molecule has 0 aromatic heterocycles. The summed E-state index contributed by atoms with van der Waals surface area (Å²) in [6.45, 7) is 0.753. The first-order valence-electron chi connectivity index (χ1n) is 16.4. The highest BCUT2D eigenvalue weighted by Gasteiger charge is 2.48. The molecule has 5 rings (SSSR count). The highest BCUT2D eigenvalue weighted by Crippen LogP contribution is 2.37. The molecule has 0 bridgehead atoms. The van der Waals surface area contributed by atoms with Crippen molar-refractivity contribution in [1.82, 2.24) is 15.5 Å². The number of hydrogen-bond donors (Lipinski definition) is 2. The number of amides is 2. The van der Waals surface area contributed by atoms with E-state index in [1.54, 1.807) is 7.05 Å². The molecule has 2 heterocycles. The second kappa shape index (κ2) is 14.5. The van der Waals surface area contributed by atoms with Gasteiger partial charge in [0.25, 0.3) is 0 Å². The third kappa shape index (κ3) is 8.08. The largest absolute Gasteiger partial charge is 0.342 e. The van der Waals surface area contributed by atoms with Crippen LogP contribution < -0.4 is 10.6 Å². The van der Waals surface area contributed by atoms with E-state index in [0.29, 0.717) is 23.7 Å². The molecule has 2 aliphatic rings. The molecule has 2 aliphatic heterocycles. The Morgan fingerprint density at radius 3 is 1.93 bits per heavy atom. The summed E-state index contributed by atoms with van der Waals surface area (Å²) in [7, 11) is 8.16. The molecule has 45 heavy (non-hydrogen) atoms. The van der Waals surface area contributed by atoms with Gasteiger partial charge in [-0.05, 0) is 55.8 Å². The molecule has 2 fully saturated rings. The van der Waals surface area contributed by atoms with Crippen LogP contribution >= 0.6 is 0 Å². The van der Waals surface area contributed by atoms with Gasteiger partial charge in [-0.1, -0.05) is 91.0 Å². The molecule has 3 aromatic carbocycles. The van der Waals surface area contributed by atoms with E-state index in [-0.39, 0.29) is 35.5 Å². The van der Waals surface area contributed by atoms with E-state index in [1.807, 2.05) is 71.6 Å². The maximum absolute atomic E-state index is 14.6. The van der Waals surface area contributed by atoms with E-state index in [9.17, 15) is 14.4 Å². The monoisotopic (exact) mass is 609 g/mol. The van der Waals surface area contributed by atoms with Gasteiger partial charge >= 0.3 is 0 Å². The van der Waals surface area contributed by atoms with E-state index >= 15 is 0 Å². The van der Waals surface area contributed by atoms with Gasteiger partial charge in [0.15, 0.2) is 5.78 Å². The van der Waals surface area contributed by atoms with E-state index < -0.39 is 18.1 Å². The summed E-state index contributed by atoms with van der Waals surface area (Å²) in [6.07, 6.45) is 4.00. The lowest BCUT2D eigenvalue weighted by Crippen LogP contribution is -2.59. The zero-order valence-electron chi connectivity index (χ0n) is 27.2. The molecule has 3 aromatic rings. The number of benzene rings is 3. The van der Waals surface area contributed by atoms with Gasteiger partial charge in [0.1, 0.15) is 6.04 Å². The quantitative estimate of drug-likeness (QED) is 0.295. The van der Waals surface area contributed by atoms with Crippen LogP contribution in [0.15, 0.2) is 91.0 Å². The third-order valence-electron chi connectivity index (χ3n) is 9.57. The van der Waals surface area contributed by atoms with Gasteiger partial charge in [0, 0.05) is 24.3 Å². The van der Waals surface area contributed by atoms with Crippen molar-refractivity contribution in [3.63, 3.8) is 0 Å². The van der Waals surface area contributed by atoms with Crippen molar-refractivity contribution in [3.8, 4) is 0 Å². The smallest absolute Gasteiger partial charge is 0.246 e. The fraction of sp³-hybridized carbons (Fsp3) is 0.447. The zero-order chi connectivity index (χ0) is 32.0. The lowest BCUT2D eigenvalue weighted by Gasteiger charge is -2.35. The highest BCUT2D eigenvalue weighted by molar-refractivity contribution is 5.95. The van der Waals surface area contributed by atoms with Crippen molar-refractivity contribution in [1.29, 1.82) is 0 Å². The van der Waals surface area contributed by atoms with Crippen LogP contribution in [0, 0.1) is 5.92 Å². The molecule has 7 nitrogen and oxygen atoms in total. The first-order valence-corrected chi connectivity index (χ1v) is 16.4. The number of nitrogens with zero attached hydrogens (tertiary/aromatic N) is 2. The molecule has 7 heteroatoms. The lowest BCUT2D eigenvalue weighted by molar-refractivity contribution is -0.874. The van der Waals surface area contributed by atoms with Crippen molar-refractivity contribution in [2.45, 2.75) is 68.6 Å². The normalized spacial score (nSPS) is 22.5. The second-order valence-electron chi connectivity index (χ2n) is 13.9. The molecule has 0 unspecified atom stereocenters. The molecule has 0 radical (unpaired) electrons. The Labute approximate surface area is 268 Å². The zero-order valence-corrected chi connectivity index (χ0v) is 27.2. The summed E-state index contributed by atoms with van der Waals surface area (Å²) in [4.78, 5) is 44.5. The maximum atomic E-state index is 14.6. The number of rotatable bonds is 12. The predicted molar refractivity (Wildman–Crippen MR) is 179 cm³/mol. The number of fused-ring (bicyclic) bond motifs is 1. The van der Waals surface area contributed by atoms with Gasteiger partial charge in [-0.3, -0.25) is 14.4 Å². The summed E-state index contributed by atoms with van der Waals surface area (Å²) in [5.74, 6) is -0.309. The fourth-order valence-corrected chi connectivity index (χ4v) is 7.40. The van der Waals surface area contributed by atoms with Gasteiger partial charge in [0.2, 0.25) is 11.8 Å². The first-order chi connectivity index (χ1) is 21.6. The second-order valence-corrected chi connectivity index (χ2v) is 13.9. The van der Waals surface area contributed by atoms with Crippen molar-refractivity contribution < 1.29 is 18.9 Å². The number of likely N-dealkylation sites (N-methyl/N-ethyl adjacent to an activating group) is 1. The number of Topliss-reactive ketones (excluding diaryl/α,β-unsaturated/α-hetero) is 1. The Morgan fingerprint density at radius 1 is 0.822 bits per heavy atom. The summed E-state index contributed by atoms with van der Waals surface area (Å²) in [5.41, 5.74) is 3.25. The maximum Gasteiger partial charge on any atom is 0.246 e. The molecule has 2 N–H and O–H groups in total. The van der Waals surface area contributed by atoms with Crippen molar-refractivity contribution in [2.75, 3.05) is 34.7 Å². The van der Waals surface area contributed by atoms with Crippen LogP contribution in [0.4, 0.5) is 0 Å². The Morgan fingerprint density at radius 2 is 1.38 bits per heavy atom. The summed E-state index contributed by atoms with van der Waals surface area (Å²) < 4.78 is 0.687. The standard InChI is InChI=1S/C38H48N4O3/c1-39-33(24-27-14-8-5-9-15-27)37(44)40-36-30(26-42(2,3)4)20-21-31-22-23-34(41(31)38(36)45)35(43)25-32(28-16-10-6-11-17-28)29-18-12-7-13-19-29/h5-19,30-34,36,39H,20-26H2,1-4H3/p+1/t30-,31+,33-,34+,36+/m1/s1. The van der Waals surface area contributed by atoms with Crippen molar-refractivity contribution >= 4 is 17.6 Å². The van der Waals surface area contributed by atoms with Crippen LogP contribution in [0.25, 0.3) is 0 Å². The number of hydrogen-bond acceptors (Lipinski definition) is 4. The van der Waals surface area contributed by atoms with Crippen LogP contribution in [0.1, 0.15) is 54.7 Å². The number of carbonyl (C=O) groups is 3. The molecule has 0 aliphatic carbocycles. The summed E-state index contributed by atoms with van der Waals surface area (Å²) in [6, 6.07) is 28.6. The molecule has 0 saturated carbocycles. The molecule has 2 saturated heterocycles. The Balaban J connectivity index is 1.39. The number of quaternary nitrogens is 1. The fourth-order valence-electron chi connectivity index (χ4n) is 7.40. The molecule has 2 amide bonds. The van der Waals surface area contributed by atoms with Gasteiger partial charge in [-0.2, -0.15) is 0 Å². The number of nitrogens with one attached hydrogen (secondary N) is 2. The van der Waals surface area contributed by atoms with E-state index in [2.05, 4.69) is 56.0 Å². The van der Waals surface area contributed by atoms with Gasteiger partial charge < -0.3 is 20.0 Å². The topological polar surface area (TPSA) is 78.5 Å². The average molecular weight is 610 g/mol. The minimum atomic E-state index is -0.682. The SMILES string of the molecule is CN[C@H](Cc1ccccc1)C(=O)N[C@@H]1C(=O)N2[C@@H](CC[C@@H]1C[N+](C)(C)C)CC[C@H]2C(=O)CC(c1ccccc1)c1ccccc1. The first kappa shape index (κ1) is 32.6. The van der Waals surface area contributed by atoms with Crippen LogP contribution in [-0.4, -0.2) is 85.9 Å².